The summed E-state index contributed by atoms with van der Waals surface area (Å²) in [5.74, 6) is -3.29. The largest absolute Gasteiger partial charge is 0.481 e. The summed E-state index contributed by atoms with van der Waals surface area (Å²) in [7, 11) is 0. The minimum Gasteiger partial charge on any atom is -0.481 e. The average molecular weight is 476 g/mol. The van der Waals surface area contributed by atoms with Gasteiger partial charge in [0.05, 0.1) is 6.42 Å². The maximum atomic E-state index is 13.5. The van der Waals surface area contributed by atoms with Gasteiger partial charge >= 0.3 is 18.2 Å². The number of carbonyl (C=O) groups is 3. The SMILES string of the molecule is O=C(O)CC(NC(=O)C(NC(=O)OCC1c2ccccc2-c2ccccc21)C(F)(F)F)C1CC1. The van der Waals surface area contributed by atoms with Crippen molar-refractivity contribution in [3.05, 3.63) is 59.7 Å². The Hall–Kier alpha value is -3.56. The molecule has 2 atom stereocenters. The summed E-state index contributed by atoms with van der Waals surface area (Å²) < 4.78 is 45.8. The Morgan fingerprint density at radius 1 is 0.971 bits per heavy atom. The van der Waals surface area contributed by atoms with Crippen LogP contribution in [-0.2, 0) is 14.3 Å². The van der Waals surface area contributed by atoms with Crippen LogP contribution in [-0.4, -0.2) is 47.9 Å². The fourth-order valence-electron chi connectivity index (χ4n) is 4.34. The number of halogens is 3. The van der Waals surface area contributed by atoms with Gasteiger partial charge in [0.1, 0.15) is 6.61 Å². The quantitative estimate of drug-likeness (QED) is 0.537. The Kier molecular flexibility index (Phi) is 6.49. The first kappa shape index (κ1) is 23.6. The monoisotopic (exact) mass is 476 g/mol. The fourth-order valence-corrected chi connectivity index (χ4v) is 4.34. The molecule has 4 rings (SSSR count). The van der Waals surface area contributed by atoms with Gasteiger partial charge in [0.25, 0.3) is 5.91 Å². The van der Waals surface area contributed by atoms with Crippen LogP contribution in [0.5, 0.6) is 0 Å². The van der Waals surface area contributed by atoms with Gasteiger partial charge in [-0.15, -0.1) is 0 Å². The van der Waals surface area contributed by atoms with Crippen LogP contribution in [0.3, 0.4) is 0 Å². The van der Waals surface area contributed by atoms with Crippen LogP contribution < -0.4 is 10.6 Å². The van der Waals surface area contributed by atoms with Crippen LogP contribution in [0.25, 0.3) is 11.1 Å². The minimum absolute atomic E-state index is 0.191. The summed E-state index contributed by atoms with van der Waals surface area (Å²) in [6.45, 7) is -0.213. The molecule has 2 aliphatic rings. The third kappa shape index (κ3) is 5.16. The first-order chi connectivity index (χ1) is 16.1. The van der Waals surface area contributed by atoms with Gasteiger partial charge in [-0.2, -0.15) is 13.2 Å². The van der Waals surface area contributed by atoms with E-state index >= 15 is 0 Å². The maximum Gasteiger partial charge on any atom is 0.417 e. The van der Waals surface area contributed by atoms with E-state index in [0.29, 0.717) is 12.8 Å². The van der Waals surface area contributed by atoms with Gasteiger partial charge in [0.15, 0.2) is 0 Å². The highest BCUT2D eigenvalue weighted by Gasteiger charge is 2.48. The summed E-state index contributed by atoms with van der Waals surface area (Å²) in [4.78, 5) is 35.6. The molecule has 0 radical (unpaired) electrons. The molecule has 2 aliphatic carbocycles. The number of carboxylic acid groups (broad SMARTS) is 1. The van der Waals surface area contributed by atoms with Gasteiger partial charge in [0, 0.05) is 12.0 Å². The number of rotatable bonds is 8. The van der Waals surface area contributed by atoms with Crippen molar-refractivity contribution in [3.8, 4) is 11.1 Å². The van der Waals surface area contributed by atoms with Crippen molar-refractivity contribution >= 4 is 18.0 Å². The molecule has 0 saturated heterocycles. The molecular formula is C24H23F3N2O5. The summed E-state index contributed by atoms with van der Waals surface area (Å²) in [6.07, 6.45) is -5.73. The van der Waals surface area contributed by atoms with Crippen LogP contribution in [0.1, 0.15) is 36.3 Å². The normalized spacial score (nSPS) is 16.7. The van der Waals surface area contributed by atoms with Gasteiger partial charge in [-0.3, -0.25) is 9.59 Å². The van der Waals surface area contributed by atoms with E-state index in [1.807, 2.05) is 48.5 Å². The molecule has 2 aromatic carbocycles. The maximum absolute atomic E-state index is 13.5. The summed E-state index contributed by atoms with van der Waals surface area (Å²) in [5, 5.41) is 12.7. The second kappa shape index (κ2) is 9.36. The lowest BCUT2D eigenvalue weighted by atomic mass is 9.98. The van der Waals surface area contributed by atoms with E-state index < -0.39 is 42.7 Å². The third-order valence-electron chi connectivity index (χ3n) is 6.11. The Balaban J connectivity index is 1.42. The van der Waals surface area contributed by atoms with Crippen molar-refractivity contribution in [1.82, 2.24) is 10.6 Å². The average Bonchev–Trinajstić information content (AvgIpc) is 3.57. The number of hydrogen-bond donors (Lipinski definition) is 3. The van der Waals surface area contributed by atoms with E-state index in [9.17, 15) is 27.6 Å². The molecule has 0 aromatic heterocycles. The molecule has 1 saturated carbocycles. The predicted octanol–water partition coefficient (Wildman–Crippen LogP) is 3.83. The van der Waals surface area contributed by atoms with Gasteiger partial charge in [-0.05, 0) is 41.0 Å². The van der Waals surface area contributed by atoms with Crippen molar-refractivity contribution in [1.29, 1.82) is 0 Å². The molecule has 0 spiro atoms. The molecule has 180 valence electrons. The first-order valence-electron chi connectivity index (χ1n) is 10.9. The number of carbonyl (C=O) groups excluding carboxylic acids is 2. The third-order valence-corrected chi connectivity index (χ3v) is 6.11. The Morgan fingerprint density at radius 3 is 2.03 bits per heavy atom. The molecule has 3 N–H and O–H groups in total. The lowest BCUT2D eigenvalue weighted by Crippen LogP contribution is -2.57. The highest BCUT2D eigenvalue weighted by molar-refractivity contribution is 5.87. The smallest absolute Gasteiger partial charge is 0.417 e. The predicted molar refractivity (Wildman–Crippen MR) is 115 cm³/mol. The van der Waals surface area contributed by atoms with Crippen LogP contribution in [0.2, 0.25) is 0 Å². The van der Waals surface area contributed by atoms with Crippen LogP contribution in [0, 0.1) is 5.92 Å². The number of alkyl halides is 3. The molecule has 34 heavy (non-hydrogen) atoms. The van der Waals surface area contributed by atoms with Gasteiger partial charge in [-0.25, -0.2) is 4.79 Å². The number of hydrogen-bond acceptors (Lipinski definition) is 4. The molecule has 2 amide bonds. The van der Waals surface area contributed by atoms with Crippen LogP contribution >= 0.6 is 0 Å². The molecule has 10 heteroatoms. The van der Waals surface area contributed by atoms with Gasteiger partial charge < -0.3 is 20.5 Å². The summed E-state index contributed by atoms with van der Waals surface area (Å²) in [5.41, 5.74) is 3.71. The zero-order valence-corrected chi connectivity index (χ0v) is 18.0. The lowest BCUT2D eigenvalue weighted by molar-refractivity contribution is -0.168. The number of nitrogens with one attached hydrogen (secondary N) is 2. The second-order valence-electron chi connectivity index (χ2n) is 8.49. The van der Waals surface area contributed by atoms with E-state index in [-0.39, 0.29) is 18.4 Å². The van der Waals surface area contributed by atoms with Gasteiger partial charge in [0.2, 0.25) is 6.04 Å². The zero-order valence-electron chi connectivity index (χ0n) is 18.0. The highest BCUT2D eigenvalue weighted by Crippen LogP contribution is 2.44. The van der Waals surface area contributed by atoms with Crippen LogP contribution in [0.4, 0.5) is 18.0 Å². The molecule has 2 unspecified atom stereocenters. The number of amides is 2. The van der Waals surface area contributed by atoms with Gasteiger partial charge in [-0.1, -0.05) is 48.5 Å². The molecule has 7 nitrogen and oxygen atoms in total. The second-order valence-corrected chi connectivity index (χ2v) is 8.49. The number of aliphatic carboxylic acids is 1. The van der Waals surface area contributed by atoms with E-state index in [1.54, 1.807) is 5.32 Å². The van der Waals surface area contributed by atoms with Crippen molar-refractivity contribution in [3.63, 3.8) is 0 Å². The lowest BCUT2D eigenvalue weighted by Gasteiger charge is -2.24. The molecular weight excluding hydrogens is 453 g/mol. The molecule has 0 heterocycles. The Labute approximate surface area is 193 Å². The van der Waals surface area contributed by atoms with E-state index in [4.69, 9.17) is 9.84 Å². The summed E-state index contributed by atoms with van der Waals surface area (Å²) >= 11 is 0. The van der Waals surface area contributed by atoms with Crippen molar-refractivity contribution in [2.75, 3.05) is 6.61 Å². The molecule has 0 bridgehead atoms. The number of benzene rings is 2. The Bertz CT molecular complexity index is 1050. The van der Waals surface area contributed by atoms with Crippen LogP contribution in [0.15, 0.2) is 48.5 Å². The topological polar surface area (TPSA) is 105 Å². The van der Waals surface area contributed by atoms with E-state index in [0.717, 1.165) is 22.3 Å². The fraction of sp³-hybridized carbons (Fsp3) is 0.375. The highest BCUT2D eigenvalue weighted by atomic mass is 19.4. The van der Waals surface area contributed by atoms with E-state index in [1.165, 1.54) is 0 Å². The zero-order chi connectivity index (χ0) is 24.5. The number of fused-ring (bicyclic) bond motifs is 3. The molecule has 2 aromatic rings. The first-order valence-corrected chi connectivity index (χ1v) is 10.9. The minimum atomic E-state index is -5.09. The van der Waals surface area contributed by atoms with Crippen molar-refractivity contribution in [2.45, 2.75) is 43.4 Å². The number of carboxylic acids is 1. The number of alkyl carbamates (subject to hydrolysis) is 1. The van der Waals surface area contributed by atoms with Crippen molar-refractivity contribution < 1.29 is 37.4 Å². The molecule has 1 fully saturated rings. The Morgan fingerprint density at radius 2 is 1.53 bits per heavy atom. The van der Waals surface area contributed by atoms with E-state index in [2.05, 4.69) is 5.32 Å². The standard InChI is InChI=1S/C24H23F3N2O5/c25-24(26,27)21(22(32)28-19(11-20(30)31)13-9-10-13)29-23(33)34-12-18-16-7-3-1-5-14(16)15-6-2-4-8-17(15)18/h1-8,13,18-19,21H,9-12H2,(H,28,32)(H,29,33)(H,30,31). The molecule has 0 aliphatic heterocycles. The van der Waals surface area contributed by atoms with Crippen molar-refractivity contribution in [2.24, 2.45) is 5.92 Å². The summed E-state index contributed by atoms with van der Waals surface area (Å²) in [6, 6.07) is 11.2. The number of ether oxygens (including phenoxy) is 1.